The van der Waals surface area contributed by atoms with E-state index in [0.29, 0.717) is 23.8 Å². The van der Waals surface area contributed by atoms with Crippen molar-refractivity contribution in [3.05, 3.63) is 29.8 Å². The van der Waals surface area contributed by atoms with Gasteiger partial charge in [-0.15, -0.1) is 0 Å². The lowest BCUT2D eigenvalue weighted by atomic mass is 10.1. The number of ether oxygens (including phenoxy) is 1. The quantitative estimate of drug-likeness (QED) is 0.837. The Morgan fingerprint density at radius 2 is 2.09 bits per heavy atom. The monoisotopic (exact) mass is 316 g/mol. The number of hydrogen-bond acceptors (Lipinski definition) is 4. The molecule has 1 fully saturated rings. The van der Waals surface area contributed by atoms with Gasteiger partial charge in [-0.2, -0.15) is 5.26 Å². The lowest BCUT2D eigenvalue weighted by molar-refractivity contribution is -0.140. The predicted octanol–water partition coefficient (Wildman–Crippen LogP) is 2.19. The van der Waals surface area contributed by atoms with Crippen LogP contribution in [0.2, 0.25) is 0 Å². The number of benzene rings is 1. The lowest BCUT2D eigenvalue weighted by Crippen LogP contribution is -2.45. The van der Waals surface area contributed by atoms with Crippen LogP contribution >= 0.6 is 0 Å². The highest BCUT2D eigenvalue weighted by atomic mass is 16.5. The lowest BCUT2D eigenvalue weighted by Gasteiger charge is -2.28. The number of aliphatic hydroxyl groups excluding tert-OH is 1. The molecule has 0 heterocycles. The van der Waals surface area contributed by atoms with Gasteiger partial charge in [-0.05, 0) is 36.8 Å². The molecular formula is C18H24N2O3. The van der Waals surface area contributed by atoms with Crippen molar-refractivity contribution < 1.29 is 14.6 Å². The summed E-state index contributed by atoms with van der Waals surface area (Å²) >= 11 is 0. The number of aliphatic hydroxyl groups is 1. The van der Waals surface area contributed by atoms with Gasteiger partial charge in [-0.25, -0.2) is 0 Å². The maximum atomic E-state index is 12.7. The fourth-order valence-corrected chi connectivity index (χ4v) is 2.49. The zero-order chi connectivity index (χ0) is 17.0. The molecule has 1 aromatic carbocycles. The van der Waals surface area contributed by atoms with E-state index < -0.39 is 12.2 Å². The number of para-hydroxylation sites is 1. The van der Waals surface area contributed by atoms with Crippen LogP contribution in [-0.2, 0) is 4.79 Å². The average molecular weight is 316 g/mol. The van der Waals surface area contributed by atoms with Gasteiger partial charge in [0.15, 0.2) is 6.10 Å². The van der Waals surface area contributed by atoms with Gasteiger partial charge in [0, 0.05) is 13.6 Å². The molecule has 124 valence electrons. The smallest absolute Gasteiger partial charge is 0.263 e. The first-order valence-electron chi connectivity index (χ1n) is 8.02. The van der Waals surface area contributed by atoms with Gasteiger partial charge in [0.05, 0.1) is 11.7 Å². The summed E-state index contributed by atoms with van der Waals surface area (Å²) in [5.74, 6) is 0.517. The van der Waals surface area contributed by atoms with E-state index >= 15 is 0 Å². The number of amides is 1. The van der Waals surface area contributed by atoms with E-state index in [-0.39, 0.29) is 11.8 Å². The van der Waals surface area contributed by atoms with Crippen LogP contribution in [0.25, 0.3) is 0 Å². The SMILES string of the molecule is CC(C)C(Oc1ccccc1C#N)C(=O)N(C)CC(O)C1CC1. The molecule has 2 unspecified atom stereocenters. The Morgan fingerprint density at radius 1 is 1.43 bits per heavy atom. The van der Waals surface area contributed by atoms with E-state index in [4.69, 9.17) is 10.00 Å². The molecule has 0 saturated heterocycles. The molecule has 1 N–H and O–H groups in total. The summed E-state index contributed by atoms with van der Waals surface area (Å²) in [7, 11) is 1.68. The standard InChI is InChI=1S/C18H24N2O3/c1-12(2)17(23-16-7-5-4-6-14(16)10-19)18(22)20(3)11-15(21)13-8-9-13/h4-7,12-13,15,17,21H,8-9,11H2,1-3H3. The van der Waals surface area contributed by atoms with Gasteiger partial charge in [-0.3, -0.25) is 4.79 Å². The van der Waals surface area contributed by atoms with E-state index in [2.05, 4.69) is 6.07 Å². The average Bonchev–Trinajstić information content (AvgIpc) is 3.36. The molecule has 1 aromatic rings. The Hall–Kier alpha value is -2.06. The third kappa shape index (κ3) is 4.46. The Bertz CT molecular complexity index is 590. The van der Waals surface area contributed by atoms with Crippen molar-refractivity contribution in [2.45, 2.75) is 38.9 Å². The van der Waals surface area contributed by atoms with Gasteiger partial charge in [0.1, 0.15) is 11.8 Å². The maximum absolute atomic E-state index is 12.7. The second kappa shape index (κ2) is 7.47. The fourth-order valence-electron chi connectivity index (χ4n) is 2.49. The molecule has 1 saturated carbocycles. The Balaban J connectivity index is 2.07. The molecule has 0 spiro atoms. The third-order valence-corrected chi connectivity index (χ3v) is 4.11. The topological polar surface area (TPSA) is 73.6 Å². The fraction of sp³-hybridized carbons (Fsp3) is 0.556. The highest BCUT2D eigenvalue weighted by Crippen LogP contribution is 2.33. The molecule has 5 heteroatoms. The highest BCUT2D eigenvalue weighted by Gasteiger charge is 2.34. The minimum absolute atomic E-state index is 0.0465. The van der Waals surface area contributed by atoms with Gasteiger partial charge >= 0.3 is 0 Å². The van der Waals surface area contributed by atoms with Crippen LogP contribution < -0.4 is 4.74 Å². The maximum Gasteiger partial charge on any atom is 0.263 e. The zero-order valence-electron chi connectivity index (χ0n) is 13.9. The van der Waals surface area contributed by atoms with E-state index in [0.717, 1.165) is 12.8 Å². The first kappa shape index (κ1) is 17.3. The molecule has 1 amide bonds. The van der Waals surface area contributed by atoms with Crippen molar-refractivity contribution in [3.8, 4) is 11.8 Å². The van der Waals surface area contributed by atoms with Crippen molar-refractivity contribution in [2.24, 2.45) is 11.8 Å². The zero-order valence-corrected chi connectivity index (χ0v) is 13.9. The van der Waals surface area contributed by atoms with Crippen LogP contribution in [0, 0.1) is 23.2 Å². The van der Waals surface area contributed by atoms with Crippen LogP contribution in [0.4, 0.5) is 0 Å². The number of nitrogens with zero attached hydrogens (tertiary/aromatic N) is 2. The molecule has 0 radical (unpaired) electrons. The number of hydrogen-bond donors (Lipinski definition) is 1. The van der Waals surface area contributed by atoms with Crippen molar-refractivity contribution >= 4 is 5.91 Å². The Labute approximate surface area is 137 Å². The second-order valence-electron chi connectivity index (χ2n) is 6.51. The predicted molar refractivity (Wildman–Crippen MR) is 86.8 cm³/mol. The van der Waals surface area contributed by atoms with Gasteiger partial charge in [0.2, 0.25) is 0 Å². The summed E-state index contributed by atoms with van der Waals surface area (Å²) < 4.78 is 5.84. The second-order valence-corrected chi connectivity index (χ2v) is 6.51. The highest BCUT2D eigenvalue weighted by molar-refractivity contribution is 5.81. The van der Waals surface area contributed by atoms with Crippen LogP contribution in [-0.4, -0.2) is 41.7 Å². The summed E-state index contributed by atoms with van der Waals surface area (Å²) in [6.07, 6.45) is 0.912. The normalized spacial score (nSPS) is 16.5. The molecule has 2 rings (SSSR count). The number of likely N-dealkylation sites (N-methyl/N-ethyl adjacent to an activating group) is 1. The Morgan fingerprint density at radius 3 is 2.65 bits per heavy atom. The number of carbonyl (C=O) groups is 1. The first-order valence-corrected chi connectivity index (χ1v) is 8.02. The van der Waals surface area contributed by atoms with Crippen molar-refractivity contribution in [3.63, 3.8) is 0 Å². The van der Waals surface area contributed by atoms with Crippen molar-refractivity contribution in [2.75, 3.05) is 13.6 Å². The van der Waals surface area contributed by atoms with Crippen molar-refractivity contribution in [1.82, 2.24) is 4.90 Å². The van der Waals surface area contributed by atoms with Crippen LogP contribution in [0.1, 0.15) is 32.3 Å². The van der Waals surface area contributed by atoms with E-state index in [1.165, 1.54) is 4.90 Å². The summed E-state index contributed by atoms with van der Waals surface area (Å²) in [5.41, 5.74) is 0.409. The Kier molecular flexibility index (Phi) is 5.62. The molecule has 0 bridgehead atoms. The van der Waals surface area contributed by atoms with Crippen LogP contribution in [0.15, 0.2) is 24.3 Å². The molecule has 1 aliphatic carbocycles. The molecule has 23 heavy (non-hydrogen) atoms. The van der Waals surface area contributed by atoms with E-state index in [1.54, 1.807) is 31.3 Å². The number of carbonyl (C=O) groups excluding carboxylic acids is 1. The van der Waals surface area contributed by atoms with E-state index in [1.807, 2.05) is 13.8 Å². The summed E-state index contributed by atoms with van der Waals surface area (Å²) in [6.45, 7) is 4.13. The first-order chi connectivity index (χ1) is 10.9. The number of rotatable bonds is 7. The molecule has 0 aliphatic heterocycles. The molecule has 0 aromatic heterocycles. The summed E-state index contributed by atoms with van der Waals surface area (Å²) in [6, 6.07) is 8.97. The van der Waals surface area contributed by atoms with Gasteiger partial charge in [-0.1, -0.05) is 26.0 Å². The molecule has 5 nitrogen and oxygen atoms in total. The van der Waals surface area contributed by atoms with Crippen molar-refractivity contribution in [1.29, 1.82) is 5.26 Å². The molecule has 2 atom stereocenters. The number of nitriles is 1. The van der Waals surface area contributed by atoms with Gasteiger partial charge < -0.3 is 14.7 Å². The van der Waals surface area contributed by atoms with E-state index in [9.17, 15) is 9.90 Å². The summed E-state index contributed by atoms with van der Waals surface area (Å²) in [4.78, 5) is 14.2. The third-order valence-electron chi connectivity index (χ3n) is 4.11. The minimum Gasteiger partial charge on any atom is -0.479 e. The van der Waals surface area contributed by atoms with Crippen LogP contribution in [0.5, 0.6) is 5.75 Å². The minimum atomic E-state index is -0.680. The molecule has 1 aliphatic rings. The van der Waals surface area contributed by atoms with Crippen LogP contribution in [0.3, 0.4) is 0 Å². The molecular weight excluding hydrogens is 292 g/mol. The largest absolute Gasteiger partial charge is 0.479 e. The summed E-state index contributed by atoms with van der Waals surface area (Å²) in [5, 5.41) is 19.2. The van der Waals surface area contributed by atoms with Gasteiger partial charge in [0.25, 0.3) is 5.91 Å².